The summed E-state index contributed by atoms with van der Waals surface area (Å²) in [6.45, 7) is 0. The maximum absolute atomic E-state index is 12.0. The van der Waals surface area contributed by atoms with Crippen LogP contribution in [0.15, 0.2) is 53.5 Å². The molecule has 0 bridgehead atoms. The van der Waals surface area contributed by atoms with E-state index in [-0.39, 0.29) is 11.3 Å². The summed E-state index contributed by atoms with van der Waals surface area (Å²) in [4.78, 5) is 11.2. The molecule has 0 aliphatic heterocycles. The number of pyridine rings is 1. The van der Waals surface area contributed by atoms with Crippen molar-refractivity contribution in [1.82, 2.24) is 4.57 Å². The van der Waals surface area contributed by atoms with Crippen LogP contribution in [0.5, 0.6) is 0 Å². The third kappa shape index (κ3) is 3.96. The molecule has 0 aliphatic rings. The molecule has 0 spiro atoms. The number of sulfonamides is 1. The highest BCUT2D eigenvalue weighted by Gasteiger charge is 2.11. The fraction of sp³-hybridized carbons (Fsp3) is 0.214. The summed E-state index contributed by atoms with van der Waals surface area (Å²) < 4.78 is 27.7. The Bertz CT molecular complexity index is 737. The highest BCUT2D eigenvalue weighted by atomic mass is 32.2. The Hall–Kier alpha value is -2.08. The van der Waals surface area contributed by atoms with E-state index in [1.165, 1.54) is 22.9 Å². The van der Waals surface area contributed by atoms with Gasteiger partial charge in [0.2, 0.25) is 15.6 Å². The second kappa shape index (κ2) is 5.92. The third-order valence-electron chi connectivity index (χ3n) is 2.86. The van der Waals surface area contributed by atoms with Crippen molar-refractivity contribution in [1.29, 1.82) is 0 Å². The van der Waals surface area contributed by atoms with Crippen molar-refractivity contribution < 1.29 is 8.42 Å². The molecule has 1 heterocycles. The van der Waals surface area contributed by atoms with Crippen LogP contribution in [0.1, 0.15) is 5.56 Å². The molecule has 0 atom stereocenters. The largest absolute Gasteiger partial charge is 0.316 e. The monoisotopic (exact) mass is 292 g/mol. The summed E-state index contributed by atoms with van der Waals surface area (Å²) in [5, 5.41) is 0. The Balaban J connectivity index is 2.04. The van der Waals surface area contributed by atoms with Gasteiger partial charge in [0.1, 0.15) is 0 Å². The van der Waals surface area contributed by atoms with E-state index >= 15 is 0 Å². The lowest BCUT2D eigenvalue weighted by Gasteiger charge is -2.09. The maximum atomic E-state index is 12.0. The normalized spacial score (nSPS) is 11.2. The Kier molecular flexibility index (Phi) is 4.24. The van der Waals surface area contributed by atoms with E-state index in [9.17, 15) is 13.2 Å². The van der Waals surface area contributed by atoms with E-state index in [2.05, 4.69) is 4.72 Å². The molecule has 1 aromatic heterocycles. The van der Waals surface area contributed by atoms with Crippen molar-refractivity contribution in [3.05, 3.63) is 64.6 Å². The molecule has 1 aromatic carbocycles. The average molecular weight is 292 g/mol. The van der Waals surface area contributed by atoms with Gasteiger partial charge >= 0.3 is 0 Å². The van der Waals surface area contributed by atoms with Crippen molar-refractivity contribution >= 4 is 15.7 Å². The topological polar surface area (TPSA) is 68.2 Å². The number of hydrogen-bond donors (Lipinski definition) is 1. The molecule has 0 saturated heterocycles. The SMILES string of the molecule is Cn1cc(NS(=O)(=O)CCc2ccccc2)ccc1=O. The number of nitrogens with zero attached hydrogens (tertiary/aromatic N) is 1. The zero-order valence-electron chi connectivity index (χ0n) is 11.1. The molecule has 5 nitrogen and oxygen atoms in total. The highest BCUT2D eigenvalue weighted by molar-refractivity contribution is 7.92. The number of anilines is 1. The molecule has 0 aliphatic carbocycles. The standard InChI is InChI=1S/C14H16N2O3S/c1-16-11-13(7-8-14(16)17)15-20(18,19)10-9-12-5-3-2-4-6-12/h2-8,11,15H,9-10H2,1H3. The number of hydrogen-bond acceptors (Lipinski definition) is 3. The first-order valence-corrected chi connectivity index (χ1v) is 7.83. The van der Waals surface area contributed by atoms with E-state index in [1.807, 2.05) is 30.3 Å². The number of rotatable bonds is 5. The van der Waals surface area contributed by atoms with E-state index in [4.69, 9.17) is 0 Å². The lowest BCUT2D eigenvalue weighted by Crippen LogP contribution is -2.21. The van der Waals surface area contributed by atoms with Crippen molar-refractivity contribution in [2.45, 2.75) is 6.42 Å². The summed E-state index contributed by atoms with van der Waals surface area (Å²) in [6.07, 6.45) is 1.91. The molecule has 0 amide bonds. The Morgan fingerprint density at radius 3 is 2.45 bits per heavy atom. The summed E-state index contributed by atoms with van der Waals surface area (Å²) in [7, 11) is -1.85. The lowest BCUT2D eigenvalue weighted by molar-refractivity contribution is 0.600. The molecule has 2 aromatic rings. The van der Waals surface area contributed by atoms with E-state index in [0.717, 1.165) is 5.56 Å². The summed E-state index contributed by atoms with van der Waals surface area (Å²) in [5.41, 5.74) is 1.18. The van der Waals surface area contributed by atoms with Gasteiger partial charge in [-0.15, -0.1) is 0 Å². The van der Waals surface area contributed by atoms with Crippen LogP contribution in [-0.4, -0.2) is 18.7 Å². The van der Waals surface area contributed by atoms with Gasteiger partial charge in [-0.25, -0.2) is 8.42 Å². The van der Waals surface area contributed by atoms with Crippen LogP contribution < -0.4 is 10.3 Å². The van der Waals surface area contributed by atoms with E-state index in [1.54, 1.807) is 7.05 Å². The smallest absolute Gasteiger partial charge is 0.250 e. The quantitative estimate of drug-likeness (QED) is 0.905. The number of benzene rings is 1. The lowest BCUT2D eigenvalue weighted by atomic mass is 10.2. The van der Waals surface area contributed by atoms with Crippen LogP contribution >= 0.6 is 0 Å². The van der Waals surface area contributed by atoms with Crippen LogP contribution in [0.4, 0.5) is 5.69 Å². The van der Waals surface area contributed by atoms with Gasteiger partial charge in [-0.3, -0.25) is 9.52 Å². The summed E-state index contributed by atoms with van der Waals surface area (Å²) >= 11 is 0. The zero-order chi connectivity index (χ0) is 14.6. The first kappa shape index (κ1) is 14.3. The molecule has 1 N–H and O–H groups in total. The second-order valence-corrected chi connectivity index (χ2v) is 6.37. The van der Waals surface area contributed by atoms with Crippen LogP contribution in [0.25, 0.3) is 0 Å². The van der Waals surface area contributed by atoms with Crippen LogP contribution in [0.2, 0.25) is 0 Å². The molecule has 0 saturated carbocycles. The molecule has 2 rings (SSSR count). The fourth-order valence-electron chi connectivity index (χ4n) is 1.78. The molecule has 20 heavy (non-hydrogen) atoms. The van der Waals surface area contributed by atoms with Gasteiger partial charge in [-0.1, -0.05) is 30.3 Å². The van der Waals surface area contributed by atoms with Gasteiger partial charge in [0, 0.05) is 19.3 Å². The maximum Gasteiger partial charge on any atom is 0.250 e. The Labute approximate surface area is 117 Å². The van der Waals surface area contributed by atoms with Gasteiger partial charge < -0.3 is 4.57 Å². The van der Waals surface area contributed by atoms with Crippen LogP contribution in [0, 0.1) is 0 Å². The zero-order valence-corrected chi connectivity index (χ0v) is 11.9. The summed E-state index contributed by atoms with van der Waals surface area (Å²) in [5.74, 6) is -0.000145. The minimum atomic E-state index is -3.43. The first-order chi connectivity index (χ1) is 9.46. The highest BCUT2D eigenvalue weighted by Crippen LogP contribution is 2.08. The van der Waals surface area contributed by atoms with Gasteiger partial charge in [-0.05, 0) is 18.1 Å². The number of aryl methyl sites for hydroxylation is 2. The molecule has 0 unspecified atom stereocenters. The Morgan fingerprint density at radius 2 is 1.80 bits per heavy atom. The van der Waals surface area contributed by atoms with E-state index in [0.29, 0.717) is 12.1 Å². The van der Waals surface area contributed by atoms with Crippen molar-refractivity contribution in [2.75, 3.05) is 10.5 Å². The third-order valence-corrected chi connectivity index (χ3v) is 4.15. The Morgan fingerprint density at radius 1 is 1.10 bits per heavy atom. The minimum absolute atomic E-state index is 0.000145. The molecular formula is C14H16N2O3S. The van der Waals surface area contributed by atoms with E-state index < -0.39 is 10.0 Å². The minimum Gasteiger partial charge on any atom is -0.316 e. The van der Waals surface area contributed by atoms with Crippen LogP contribution in [0.3, 0.4) is 0 Å². The predicted octanol–water partition coefficient (Wildman–Crippen LogP) is 1.37. The molecule has 0 radical (unpaired) electrons. The first-order valence-electron chi connectivity index (χ1n) is 6.17. The van der Waals surface area contributed by atoms with Gasteiger partial charge in [0.15, 0.2) is 0 Å². The number of aromatic nitrogens is 1. The number of nitrogens with one attached hydrogen (secondary N) is 1. The second-order valence-electron chi connectivity index (χ2n) is 4.52. The van der Waals surface area contributed by atoms with Gasteiger partial charge in [0.05, 0.1) is 11.4 Å². The summed E-state index contributed by atoms with van der Waals surface area (Å²) in [6, 6.07) is 12.2. The molecule has 6 heteroatoms. The van der Waals surface area contributed by atoms with Gasteiger partial charge in [0.25, 0.3) is 0 Å². The average Bonchev–Trinajstić information content (AvgIpc) is 2.42. The van der Waals surface area contributed by atoms with Gasteiger partial charge in [-0.2, -0.15) is 0 Å². The van der Waals surface area contributed by atoms with Crippen molar-refractivity contribution in [2.24, 2.45) is 7.05 Å². The molecule has 106 valence electrons. The van der Waals surface area contributed by atoms with Crippen molar-refractivity contribution in [3.63, 3.8) is 0 Å². The van der Waals surface area contributed by atoms with Crippen LogP contribution in [-0.2, 0) is 23.5 Å². The molecule has 0 fully saturated rings. The predicted molar refractivity (Wildman–Crippen MR) is 79.2 cm³/mol. The fourth-order valence-corrected chi connectivity index (χ4v) is 2.87. The van der Waals surface area contributed by atoms with Crippen molar-refractivity contribution in [3.8, 4) is 0 Å². The molecular weight excluding hydrogens is 276 g/mol.